The van der Waals surface area contributed by atoms with Crippen LogP contribution >= 0.6 is 7.82 Å². The summed E-state index contributed by atoms with van der Waals surface area (Å²) in [5.74, 6) is -0.847. The van der Waals surface area contributed by atoms with Gasteiger partial charge in [-0.05, 0) is 12.8 Å². The lowest BCUT2D eigenvalue weighted by molar-refractivity contribution is -0.870. The van der Waals surface area contributed by atoms with E-state index in [0.717, 1.165) is 44.9 Å². The van der Waals surface area contributed by atoms with Crippen molar-refractivity contribution < 1.29 is 42.1 Å². The number of hydrogen-bond donors (Lipinski definition) is 0. The highest BCUT2D eigenvalue weighted by molar-refractivity contribution is 7.45. The average Bonchev–Trinajstić information content (AvgIpc) is 2.85. The number of phosphoric ester groups is 1. The van der Waals surface area contributed by atoms with Gasteiger partial charge in [0.1, 0.15) is 19.8 Å². The number of hydrogen-bond acceptors (Lipinski definition) is 8. The van der Waals surface area contributed by atoms with Gasteiger partial charge < -0.3 is 27.9 Å². The van der Waals surface area contributed by atoms with E-state index in [9.17, 15) is 19.0 Å². The molecule has 10 heteroatoms. The molecule has 39 heavy (non-hydrogen) atoms. The lowest BCUT2D eigenvalue weighted by Gasteiger charge is -2.28. The molecule has 0 aromatic heterocycles. The number of carbonyl (C=O) groups excluding carboxylic acids is 2. The van der Waals surface area contributed by atoms with Crippen LogP contribution in [-0.2, 0) is 32.7 Å². The first-order valence-corrected chi connectivity index (χ1v) is 16.7. The lowest BCUT2D eigenvalue weighted by atomic mass is 10.1. The maximum absolute atomic E-state index is 12.4. The molecule has 0 aliphatic carbocycles. The maximum atomic E-state index is 12.4. The molecular weight excluding hydrogens is 521 g/mol. The number of carbonyl (C=O) groups is 2. The van der Waals surface area contributed by atoms with E-state index in [2.05, 4.69) is 13.8 Å². The number of rotatable bonds is 27. The van der Waals surface area contributed by atoms with Crippen molar-refractivity contribution in [2.24, 2.45) is 0 Å². The van der Waals surface area contributed by atoms with Crippen molar-refractivity contribution in [3.05, 3.63) is 0 Å². The molecule has 0 N–H and O–H groups in total. The first kappa shape index (κ1) is 38.0. The number of ether oxygens (including phenoxy) is 2. The Hall–Kier alpha value is -0.990. The molecule has 0 radical (unpaired) electrons. The van der Waals surface area contributed by atoms with Gasteiger partial charge >= 0.3 is 11.9 Å². The van der Waals surface area contributed by atoms with Crippen LogP contribution in [0.2, 0.25) is 0 Å². The van der Waals surface area contributed by atoms with Crippen molar-refractivity contribution in [1.82, 2.24) is 0 Å². The van der Waals surface area contributed by atoms with E-state index in [1.807, 2.05) is 21.1 Å². The van der Waals surface area contributed by atoms with Gasteiger partial charge in [0.05, 0.1) is 27.7 Å². The van der Waals surface area contributed by atoms with Crippen LogP contribution in [-0.4, -0.2) is 70.0 Å². The van der Waals surface area contributed by atoms with Crippen molar-refractivity contribution in [2.45, 2.75) is 129 Å². The minimum Gasteiger partial charge on any atom is -0.756 e. The summed E-state index contributed by atoms with van der Waals surface area (Å²) in [6.45, 7) is 4.10. The fraction of sp³-hybridized carbons (Fsp3) is 0.931. The Kier molecular flexibility index (Phi) is 23.1. The van der Waals surface area contributed by atoms with Gasteiger partial charge in [-0.2, -0.15) is 0 Å². The van der Waals surface area contributed by atoms with E-state index in [-0.39, 0.29) is 26.1 Å². The first-order valence-electron chi connectivity index (χ1n) is 15.2. The minimum absolute atomic E-state index is 0.0272. The lowest BCUT2D eigenvalue weighted by Crippen LogP contribution is -2.37. The van der Waals surface area contributed by atoms with Crippen molar-refractivity contribution >= 4 is 19.8 Å². The molecule has 0 saturated carbocycles. The zero-order valence-electron chi connectivity index (χ0n) is 25.6. The van der Waals surface area contributed by atoms with Crippen LogP contribution in [0.1, 0.15) is 123 Å². The quantitative estimate of drug-likeness (QED) is 0.0481. The molecule has 9 nitrogen and oxygen atoms in total. The Bertz CT molecular complexity index is 668. The van der Waals surface area contributed by atoms with E-state index < -0.39 is 32.5 Å². The van der Waals surface area contributed by atoms with Crippen LogP contribution in [0.5, 0.6) is 0 Å². The highest BCUT2D eigenvalue weighted by Gasteiger charge is 2.21. The topological polar surface area (TPSA) is 111 Å². The second-order valence-corrected chi connectivity index (χ2v) is 12.9. The number of phosphoric acid groups is 1. The summed E-state index contributed by atoms with van der Waals surface area (Å²) in [6, 6.07) is 0. The zero-order chi connectivity index (χ0) is 29.4. The summed E-state index contributed by atoms with van der Waals surface area (Å²) in [5, 5.41) is 0. The second kappa shape index (κ2) is 23.7. The van der Waals surface area contributed by atoms with Crippen molar-refractivity contribution in [1.29, 1.82) is 0 Å². The van der Waals surface area contributed by atoms with E-state index in [4.69, 9.17) is 18.5 Å². The molecular formula is C29H58NO8P. The van der Waals surface area contributed by atoms with E-state index in [1.165, 1.54) is 44.9 Å². The van der Waals surface area contributed by atoms with Crippen molar-refractivity contribution in [3.8, 4) is 0 Å². The molecule has 0 bridgehead atoms. The second-order valence-electron chi connectivity index (χ2n) is 11.5. The van der Waals surface area contributed by atoms with Crippen LogP contribution in [0.4, 0.5) is 0 Å². The molecule has 0 amide bonds. The summed E-state index contributed by atoms with van der Waals surface area (Å²) < 4.78 is 33.3. The monoisotopic (exact) mass is 579 g/mol. The van der Waals surface area contributed by atoms with Gasteiger partial charge in [-0.15, -0.1) is 0 Å². The molecule has 0 saturated heterocycles. The molecule has 232 valence electrons. The predicted octanol–water partition coefficient (Wildman–Crippen LogP) is 6.32. The van der Waals surface area contributed by atoms with Gasteiger partial charge in [0.2, 0.25) is 0 Å². The summed E-state index contributed by atoms with van der Waals surface area (Å²) in [5.41, 5.74) is 0. The standard InChI is InChI=1S/C29H58NO8P/c1-6-8-10-12-14-15-16-18-20-22-29(32)38-27(25-35-28(31)21-19-17-13-11-9-7-2)26-37-39(33,34)36-24-23-30(3,4)5/h27H,6-26H2,1-5H3. The normalized spacial score (nSPS) is 14.1. The molecule has 0 aromatic carbocycles. The van der Waals surface area contributed by atoms with Crippen LogP contribution in [0.25, 0.3) is 0 Å². The van der Waals surface area contributed by atoms with Crippen LogP contribution < -0.4 is 4.89 Å². The SMILES string of the molecule is CCCCCCCCCCCC(=O)OC(COC(=O)CCCCCCCC)COP(=O)([O-])OCC[N+](C)(C)C. The molecule has 2 unspecified atom stereocenters. The summed E-state index contributed by atoms with van der Waals surface area (Å²) in [4.78, 5) is 36.8. The number of esters is 2. The number of nitrogens with zero attached hydrogens (tertiary/aromatic N) is 1. The molecule has 0 fully saturated rings. The van der Waals surface area contributed by atoms with Gasteiger partial charge in [-0.3, -0.25) is 14.2 Å². The summed E-state index contributed by atoms with van der Waals surface area (Å²) in [7, 11) is 1.17. The van der Waals surface area contributed by atoms with E-state index >= 15 is 0 Å². The Labute approximate surface area is 238 Å². The smallest absolute Gasteiger partial charge is 0.306 e. The molecule has 0 aromatic rings. The molecule has 0 aliphatic rings. The highest BCUT2D eigenvalue weighted by atomic mass is 31.2. The van der Waals surface area contributed by atoms with Crippen LogP contribution in [0.3, 0.4) is 0 Å². The van der Waals surface area contributed by atoms with Gasteiger partial charge in [0, 0.05) is 12.8 Å². The third-order valence-electron chi connectivity index (χ3n) is 6.38. The Morgan fingerprint density at radius 2 is 1.15 bits per heavy atom. The van der Waals surface area contributed by atoms with E-state index in [0.29, 0.717) is 17.4 Å². The fourth-order valence-corrected chi connectivity index (χ4v) is 4.62. The van der Waals surface area contributed by atoms with Crippen LogP contribution in [0, 0.1) is 0 Å². The molecule has 0 spiro atoms. The Balaban J connectivity index is 4.55. The zero-order valence-corrected chi connectivity index (χ0v) is 26.5. The van der Waals surface area contributed by atoms with E-state index in [1.54, 1.807) is 0 Å². The summed E-state index contributed by atoms with van der Waals surface area (Å²) in [6.07, 6.45) is 16.0. The van der Waals surface area contributed by atoms with Gasteiger partial charge in [0.15, 0.2) is 6.10 Å². The largest absolute Gasteiger partial charge is 0.756 e. The number of unbranched alkanes of at least 4 members (excludes halogenated alkanes) is 13. The number of quaternary nitrogens is 1. The molecule has 2 atom stereocenters. The predicted molar refractivity (Wildman–Crippen MR) is 153 cm³/mol. The molecule has 0 rings (SSSR count). The fourth-order valence-electron chi connectivity index (χ4n) is 3.89. The third-order valence-corrected chi connectivity index (χ3v) is 7.34. The van der Waals surface area contributed by atoms with Crippen LogP contribution in [0.15, 0.2) is 0 Å². The Morgan fingerprint density at radius 3 is 1.64 bits per heavy atom. The average molecular weight is 580 g/mol. The highest BCUT2D eigenvalue weighted by Crippen LogP contribution is 2.38. The Morgan fingerprint density at radius 1 is 0.692 bits per heavy atom. The van der Waals surface area contributed by atoms with Gasteiger partial charge in [0.25, 0.3) is 7.82 Å². The van der Waals surface area contributed by atoms with Gasteiger partial charge in [-0.1, -0.05) is 97.3 Å². The van der Waals surface area contributed by atoms with Gasteiger partial charge in [-0.25, -0.2) is 0 Å². The first-order chi connectivity index (χ1) is 18.5. The summed E-state index contributed by atoms with van der Waals surface area (Å²) >= 11 is 0. The van der Waals surface area contributed by atoms with Crippen molar-refractivity contribution in [2.75, 3.05) is 47.5 Å². The van der Waals surface area contributed by atoms with Crippen molar-refractivity contribution in [3.63, 3.8) is 0 Å². The molecule has 0 heterocycles. The molecule has 0 aliphatic heterocycles. The number of likely N-dealkylation sites (N-methyl/N-ethyl adjacent to an activating group) is 1. The maximum Gasteiger partial charge on any atom is 0.306 e. The minimum atomic E-state index is -4.59. The third kappa shape index (κ3) is 27.0.